The molecule has 2 rings (SSSR count). The lowest BCUT2D eigenvalue weighted by molar-refractivity contribution is 0.0812. The Labute approximate surface area is 204 Å². The number of nitrogens with zero attached hydrogens (tertiary/aromatic N) is 2. The monoisotopic (exact) mass is 493 g/mol. The molecule has 190 valence electrons. The van der Waals surface area contributed by atoms with Gasteiger partial charge in [0.15, 0.2) is 0 Å². The fourth-order valence-corrected chi connectivity index (χ4v) is 5.42. The number of nitrogens with one attached hydrogen (secondary N) is 1. The molecule has 0 saturated heterocycles. The van der Waals surface area contributed by atoms with Gasteiger partial charge in [0.25, 0.3) is 0 Å². The van der Waals surface area contributed by atoms with Gasteiger partial charge in [0.2, 0.25) is 10.0 Å². The molecule has 0 radical (unpaired) electrons. The van der Waals surface area contributed by atoms with Crippen molar-refractivity contribution in [2.24, 2.45) is 11.8 Å². The van der Waals surface area contributed by atoms with Gasteiger partial charge >= 0.3 is 6.03 Å². The Balaban J connectivity index is 2.48. The predicted molar refractivity (Wildman–Crippen MR) is 133 cm³/mol. The molecular weight excluding hydrogens is 454 g/mol. The minimum Gasteiger partial charge on any atom is -0.487 e. The molecule has 2 N–H and O–H groups in total. The largest absolute Gasteiger partial charge is 0.487 e. The third kappa shape index (κ3) is 7.11. The highest BCUT2D eigenvalue weighted by molar-refractivity contribution is 7.89. The highest BCUT2D eigenvalue weighted by Gasteiger charge is 2.38. The van der Waals surface area contributed by atoms with Crippen LogP contribution in [0.25, 0.3) is 0 Å². The lowest BCUT2D eigenvalue weighted by Crippen LogP contribution is -2.51. The normalized spacial score (nSPS) is 20.7. The summed E-state index contributed by atoms with van der Waals surface area (Å²) in [6, 6.07) is 4.05. The highest BCUT2D eigenvalue weighted by Crippen LogP contribution is 2.34. The van der Waals surface area contributed by atoms with Crippen LogP contribution in [0.15, 0.2) is 23.1 Å². The number of likely N-dealkylation sites (N-methyl/N-ethyl adjacent to an activating group) is 1. The van der Waals surface area contributed by atoms with Crippen LogP contribution in [0.4, 0.5) is 4.79 Å². The summed E-state index contributed by atoms with van der Waals surface area (Å²) in [5.74, 6) is 6.61. The number of amides is 2. The van der Waals surface area contributed by atoms with E-state index in [0.717, 1.165) is 12.8 Å². The fourth-order valence-electron chi connectivity index (χ4n) is 3.60. The molecule has 1 aliphatic heterocycles. The van der Waals surface area contributed by atoms with Gasteiger partial charge in [-0.25, -0.2) is 13.2 Å². The average Bonchev–Trinajstić information content (AvgIpc) is 2.78. The molecule has 3 atom stereocenters. The van der Waals surface area contributed by atoms with Crippen LogP contribution in [0.3, 0.4) is 0 Å². The summed E-state index contributed by atoms with van der Waals surface area (Å²) in [5, 5.41) is 12.6. The van der Waals surface area contributed by atoms with Gasteiger partial charge in [-0.15, -0.1) is 0 Å². The van der Waals surface area contributed by atoms with Gasteiger partial charge in [-0.05, 0) is 37.5 Å². The van der Waals surface area contributed by atoms with E-state index in [-0.39, 0.29) is 42.3 Å². The van der Waals surface area contributed by atoms with Crippen LogP contribution in [0, 0.1) is 23.7 Å². The Bertz CT molecular complexity index is 1000. The van der Waals surface area contributed by atoms with Crippen molar-refractivity contribution in [3.05, 3.63) is 23.8 Å². The zero-order valence-electron chi connectivity index (χ0n) is 21.2. The van der Waals surface area contributed by atoms with E-state index in [4.69, 9.17) is 4.74 Å². The number of aliphatic hydroxyl groups excluding tert-OH is 1. The van der Waals surface area contributed by atoms with Crippen LogP contribution >= 0.6 is 0 Å². The number of carbonyl (C=O) groups is 1. The van der Waals surface area contributed by atoms with Crippen molar-refractivity contribution in [1.29, 1.82) is 0 Å². The first kappa shape index (κ1) is 28.0. The van der Waals surface area contributed by atoms with Crippen molar-refractivity contribution in [3.63, 3.8) is 0 Å². The molecule has 9 heteroatoms. The Kier molecular flexibility index (Phi) is 10.2. The van der Waals surface area contributed by atoms with E-state index in [1.54, 1.807) is 31.0 Å². The van der Waals surface area contributed by atoms with E-state index < -0.39 is 22.2 Å². The molecule has 0 spiro atoms. The molecule has 0 saturated carbocycles. The molecule has 1 aliphatic rings. The lowest BCUT2D eigenvalue weighted by atomic mass is 10.0. The summed E-state index contributed by atoms with van der Waals surface area (Å²) < 4.78 is 34.6. The second-order valence-electron chi connectivity index (χ2n) is 9.41. The van der Waals surface area contributed by atoms with Crippen LogP contribution in [-0.4, -0.2) is 74.2 Å². The third-order valence-electron chi connectivity index (χ3n) is 5.74. The van der Waals surface area contributed by atoms with Gasteiger partial charge in [0, 0.05) is 44.1 Å². The van der Waals surface area contributed by atoms with Gasteiger partial charge in [-0.1, -0.05) is 39.5 Å². The number of aliphatic hydroxyl groups is 1. The number of benzene rings is 1. The molecule has 2 amide bonds. The van der Waals surface area contributed by atoms with Crippen molar-refractivity contribution in [3.8, 4) is 17.6 Å². The zero-order chi connectivity index (χ0) is 25.5. The SMILES string of the molecule is CCCNC(=O)N(C)C[C@@H]1Oc2cc(C#CCC(C)C)ccc2S(=O)(=O)N([C@H](C)CO)C[C@@H]1C. The Morgan fingerprint density at radius 2 is 2.06 bits per heavy atom. The highest BCUT2D eigenvalue weighted by atomic mass is 32.2. The Hall–Kier alpha value is -2.28. The van der Waals surface area contributed by atoms with E-state index in [9.17, 15) is 18.3 Å². The number of rotatable bonds is 7. The minimum absolute atomic E-state index is 0.0391. The second kappa shape index (κ2) is 12.4. The number of hydrogen-bond acceptors (Lipinski definition) is 5. The maximum Gasteiger partial charge on any atom is 0.317 e. The number of fused-ring (bicyclic) bond motifs is 1. The number of urea groups is 1. The van der Waals surface area contributed by atoms with Crippen LogP contribution in [0.2, 0.25) is 0 Å². The summed E-state index contributed by atoms with van der Waals surface area (Å²) >= 11 is 0. The van der Waals surface area contributed by atoms with Crippen molar-refractivity contribution in [2.45, 2.75) is 64.5 Å². The van der Waals surface area contributed by atoms with E-state index >= 15 is 0 Å². The average molecular weight is 494 g/mol. The molecule has 0 fully saturated rings. The van der Waals surface area contributed by atoms with Crippen molar-refractivity contribution in [2.75, 3.05) is 33.3 Å². The van der Waals surface area contributed by atoms with E-state index in [1.165, 1.54) is 10.4 Å². The summed E-state index contributed by atoms with van der Waals surface area (Å²) in [5.41, 5.74) is 0.664. The standard InChI is InChI=1S/C25H39N3O5S/c1-7-13-26-25(30)27(6)16-23-19(4)15-28(20(5)17-29)34(31,32)24-12-11-21(14-22(24)33-23)10-8-9-18(2)3/h11-12,14,18-20,23,29H,7,9,13,15-17H2,1-6H3,(H,26,30)/t19-,20+,23-/m0/s1. The molecule has 1 heterocycles. The summed E-state index contributed by atoms with van der Waals surface area (Å²) in [7, 11) is -2.22. The first-order chi connectivity index (χ1) is 16.0. The van der Waals surface area contributed by atoms with Gasteiger partial charge in [0.1, 0.15) is 16.7 Å². The number of hydrogen-bond donors (Lipinski definition) is 2. The Morgan fingerprint density at radius 1 is 1.35 bits per heavy atom. The first-order valence-electron chi connectivity index (χ1n) is 11.9. The second-order valence-corrected chi connectivity index (χ2v) is 11.3. The van der Waals surface area contributed by atoms with Crippen LogP contribution in [0.5, 0.6) is 5.75 Å². The van der Waals surface area contributed by atoms with Crippen molar-refractivity contribution < 1.29 is 23.1 Å². The third-order valence-corrected chi connectivity index (χ3v) is 7.76. The van der Waals surface area contributed by atoms with Gasteiger partial charge in [-0.3, -0.25) is 0 Å². The quantitative estimate of drug-likeness (QED) is 0.569. The maximum absolute atomic E-state index is 13.5. The molecule has 0 unspecified atom stereocenters. The Morgan fingerprint density at radius 3 is 2.68 bits per heavy atom. The van der Waals surface area contributed by atoms with Crippen molar-refractivity contribution >= 4 is 16.1 Å². The number of carbonyl (C=O) groups excluding carboxylic acids is 1. The fraction of sp³-hybridized carbons (Fsp3) is 0.640. The topological polar surface area (TPSA) is 99.2 Å². The van der Waals surface area contributed by atoms with E-state index in [0.29, 0.717) is 18.0 Å². The molecule has 1 aromatic rings. The summed E-state index contributed by atoms with van der Waals surface area (Å²) in [6.07, 6.45) is 1.10. The minimum atomic E-state index is -3.91. The predicted octanol–water partition coefficient (Wildman–Crippen LogP) is 2.90. The molecular formula is C25H39N3O5S. The molecule has 34 heavy (non-hydrogen) atoms. The van der Waals surface area contributed by atoms with Crippen molar-refractivity contribution in [1.82, 2.24) is 14.5 Å². The van der Waals surface area contributed by atoms with Gasteiger partial charge in [0.05, 0.1) is 13.2 Å². The molecule has 0 bridgehead atoms. The van der Waals surface area contributed by atoms with Crippen LogP contribution in [0.1, 0.15) is 53.0 Å². The number of sulfonamides is 1. The first-order valence-corrected chi connectivity index (χ1v) is 13.4. The lowest BCUT2D eigenvalue weighted by Gasteiger charge is -2.37. The van der Waals surface area contributed by atoms with Gasteiger partial charge in [-0.2, -0.15) is 4.31 Å². The van der Waals surface area contributed by atoms with Crippen LogP contribution < -0.4 is 10.1 Å². The summed E-state index contributed by atoms with van der Waals surface area (Å²) in [6.45, 7) is 10.4. The number of ether oxygens (including phenoxy) is 1. The van der Waals surface area contributed by atoms with E-state index in [2.05, 4.69) is 31.0 Å². The van der Waals surface area contributed by atoms with Gasteiger partial charge < -0.3 is 20.1 Å². The zero-order valence-corrected chi connectivity index (χ0v) is 22.0. The smallest absolute Gasteiger partial charge is 0.317 e. The van der Waals surface area contributed by atoms with E-state index in [1.807, 2.05) is 13.8 Å². The molecule has 0 aromatic heterocycles. The molecule has 0 aliphatic carbocycles. The van der Waals surface area contributed by atoms with Crippen LogP contribution in [-0.2, 0) is 10.0 Å². The molecule has 8 nitrogen and oxygen atoms in total. The molecule has 1 aromatic carbocycles. The summed E-state index contributed by atoms with van der Waals surface area (Å²) in [4.78, 5) is 14.0. The maximum atomic E-state index is 13.5.